The average Bonchev–Trinajstić information content (AvgIpc) is 3.63. The molecule has 0 saturated carbocycles. The summed E-state index contributed by atoms with van der Waals surface area (Å²) in [6.07, 6.45) is 7.53. The number of aliphatic hydroxyl groups is 1. The summed E-state index contributed by atoms with van der Waals surface area (Å²) < 4.78 is 28.0. The number of nitro groups is 1. The summed E-state index contributed by atoms with van der Waals surface area (Å²) in [6, 6.07) is 5.64. The lowest BCUT2D eigenvalue weighted by Gasteiger charge is -2.22. The molecule has 1 saturated heterocycles. The number of rotatable bonds is 6. The number of hydrogen-bond donors (Lipinski definition) is 1. The molecule has 0 radical (unpaired) electrons. The molecular weight excluding hydrogens is 546 g/mol. The first-order chi connectivity index (χ1) is 18.5. The van der Waals surface area contributed by atoms with Gasteiger partial charge in [-0.2, -0.15) is 0 Å². The summed E-state index contributed by atoms with van der Waals surface area (Å²) in [4.78, 5) is 46.3. The Kier molecular flexibility index (Phi) is 6.52. The molecule has 2 aromatic heterocycles. The molecule has 200 valence electrons. The highest BCUT2D eigenvalue weighted by Crippen LogP contribution is 2.44. The third kappa shape index (κ3) is 4.46. The number of anilines is 1. The van der Waals surface area contributed by atoms with Crippen molar-refractivity contribution in [2.24, 2.45) is 7.05 Å². The SMILES string of the molecule is Cc1ccc(C(O)=C2C(=O)C(=O)N(c3ncc(S(=O)(=O)C4C=CC([N+](=O)[O-])=CC4)s3)C2c2cncn2C)cc1. The van der Waals surface area contributed by atoms with Gasteiger partial charge in [-0.15, -0.1) is 0 Å². The Morgan fingerprint density at radius 1 is 1.21 bits per heavy atom. The van der Waals surface area contributed by atoms with Gasteiger partial charge in [0.15, 0.2) is 15.0 Å². The van der Waals surface area contributed by atoms with Gasteiger partial charge in [-0.05, 0) is 19.4 Å². The third-order valence-corrected chi connectivity index (χ3v) is 10.1. The molecule has 1 aliphatic heterocycles. The Morgan fingerprint density at radius 3 is 2.51 bits per heavy atom. The molecule has 5 rings (SSSR count). The number of ketones is 1. The normalized spacial score (nSPS) is 20.9. The van der Waals surface area contributed by atoms with Crippen LogP contribution in [-0.2, 0) is 26.5 Å². The predicted molar refractivity (Wildman–Crippen MR) is 141 cm³/mol. The molecule has 1 fully saturated rings. The van der Waals surface area contributed by atoms with Crippen molar-refractivity contribution in [3.8, 4) is 0 Å². The van der Waals surface area contributed by atoms with E-state index in [1.54, 1.807) is 35.9 Å². The van der Waals surface area contributed by atoms with Gasteiger partial charge in [0.05, 0.1) is 40.2 Å². The van der Waals surface area contributed by atoms with Gasteiger partial charge in [-0.3, -0.25) is 24.6 Å². The second kappa shape index (κ2) is 9.71. The van der Waals surface area contributed by atoms with Crippen molar-refractivity contribution >= 4 is 43.8 Å². The number of hydrogen-bond acceptors (Lipinski definition) is 10. The quantitative estimate of drug-likeness (QED) is 0.155. The number of allylic oxidation sites excluding steroid dienone is 2. The highest BCUT2D eigenvalue weighted by molar-refractivity contribution is 7.94. The molecule has 2 unspecified atom stereocenters. The lowest BCUT2D eigenvalue weighted by Crippen LogP contribution is -2.30. The standard InChI is InChI=1S/C25H21N5O7S2/c1-14-3-5-15(6-4-14)22(31)20-21(18-11-26-13-28(18)2)29(24(33)23(20)32)25-27-12-19(38-25)39(36,37)17-9-7-16(8-10-17)30(34)35/h3-9,11-13,17,21,31H,10H2,1-2H3. The van der Waals surface area contributed by atoms with Crippen molar-refractivity contribution in [1.29, 1.82) is 0 Å². The van der Waals surface area contributed by atoms with Crippen LogP contribution in [0.2, 0.25) is 0 Å². The van der Waals surface area contributed by atoms with E-state index in [-0.39, 0.29) is 32.8 Å². The maximum atomic E-state index is 13.3. The number of carbonyl (C=O) groups excluding carboxylic acids is 2. The van der Waals surface area contributed by atoms with Gasteiger partial charge in [0.1, 0.15) is 16.0 Å². The minimum absolute atomic E-state index is 0.0638. The average molecular weight is 568 g/mol. The molecule has 14 heteroatoms. The van der Waals surface area contributed by atoms with Crippen LogP contribution in [0.4, 0.5) is 5.13 Å². The fraction of sp³-hybridized carbons (Fsp3) is 0.200. The minimum Gasteiger partial charge on any atom is -0.507 e. The second-order valence-electron chi connectivity index (χ2n) is 8.99. The summed E-state index contributed by atoms with van der Waals surface area (Å²) in [7, 11) is -2.35. The molecule has 1 aromatic carbocycles. The Hall–Kier alpha value is -4.43. The largest absolute Gasteiger partial charge is 0.507 e. The number of nitrogens with zero attached hydrogens (tertiary/aromatic N) is 5. The number of sulfone groups is 1. The van der Waals surface area contributed by atoms with Crippen molar-refractivity contribution in [3.05, 3.63) is 99.4 Å². The summed E-state index contributed by atoms with van der Waals surface area (Å²) >= 11 is 0.693. The van der Waals surface area contributed by atoms with E-state index in [9.17, 15) is 33.2 Å². The third-order valence-electron chi connectivity index (χ3n) is 6.51. The summed E-state index contributed by atoms with van der Waals surface area (Å²) in [6.45, 7) is 1.87. The fourth-order valence-electron chi connectivity index (χ4n) is 4.41. The number of aliphatic hydroxyl groups excluding tert-OH is 1. The first kappa shape index (κ1) is 26.2. The summed E-state index contributed by atoms with van der Waals surface area (Å²) in [5, 5.41) is 21.0. The number of carbonyl (C=O) groups is 2. The molecule has 2 aliphatic rings. The Labute approximate surface area is 226 Å². The van der Waals surface area contributed by atoms with Crippen LogP contribution in [-0.4, -0.2) is 49.9 Å². The maximum Gasteiger partial charge on any atom is 0.301 e. The van der Waals surface area contributed by atoms with Crippen LogP contribution in [0.1, 0.15) is 29.3 Å². The minimum atomic E-state index is -4.01. The van der Waals surface area contributed by atoms with Crippen LogP contribution in [0.25, 0.3) is 5.76 Å². The van der Waals surface area contributed by atoms with Gasteiger partial charge in [-0.1, -0.05) is 47.2 Å². The smallest absolute Gasteiger partial charge is 0.301 e. The number of thiazole rings is 1. The first-order valence-corrected chi connectivity index (χ1v) is 13.9. The number of imidazole rings is 1. The lowest BCUT2D eigenvalue weighted by molar-refractivity contribution is -0.419. The van der Waals surface area contributed by atoms with Gasteiger partial charge in [-0.25, -0.2) is 18.4 Å². The number of benzene rings is 1. The van der Waals surface area contributed by atoms with Crippen molar-refractivity contribution < 1.29 is 28.0 Å². The summed E-state index contributed by atoms with van der Waals surface area (Å²) in [5.74, 6) is -2.32. The predicted octanol–water partition coefficient (Wildman–Crippen LogP) is 3.07. The Bertz CT molecular complexity index is 1710. The zero-order chi connectivity index (χ0) is 28.1. The van der Waals surface area contributed by atoms with E-state index in [0.717, 1.165) is 22.7 Å². The molecule has 1 aliphatic carbocycles. The monoisotopic (exact) mass is 567 g/mol. The molecule has 1 amide bonds. The lowest BCUT2D eigenvalue weighted by atomic mass is 9.98. The van der Waals surface area contributed by atoms with Crippen LogP contribution < -0.4 is 4.90 Å². The van der Waals surface area contributed by atoms with Crippen LogP contribution in [0.3, 0.4) is 0 Å². The second-order valence-corrected chi connectivity index (χ2v) is 12.4. The first-order valence-electron chi connectivity index (χ1n) is 11.6. The van der Waals surface area contributed by atoms with E-state index >= 15 is 0 Å². The number of amides is 1. The van der Waals surface area contributed by atoms with Gasteiger partial charge in [0.25, 0.3) is 11.5 Å². The molecule has 2 atom stereocenters. The van der Waals surface area contributed by atoms with Crippen molar-refractivity contribution in [2.75, 3.05) is 4.90 Å². The van der Waals surface area contributed by atoms with Crippen LogP contribution >= 0.6 is 11.3 Å². The van der Waals surface area contributed by atoms with E-state index in [1.165, 1.54) is 24.7 Å². The van der Waals surface area contributed by atoms with E-state index in [0.29, 0.717) is 22.6 Å². The topological polar surface area (TPSA) is 166 Å². The molecule has 39 heavy (non-hydrogen) atoms. The maximum absolute atomic E-state index is 13.3. The molecule has 12 nitrogen and oxygen atoms in total. The van der Waals surface area contributed by atoms with Crippen molar-refractivity contribution in [3.63, 3.8) is 0 Å². The number of Topliss-reactive ketones (excluding diaryl/α,β-unsaturated/α-hetero) is 1. The van der Waals surface area contributed by atoms with Crippen molar-refractivity contribution in [1.82, 2.24) is 14.5 Å². The molecule has 0 bridgehead atoms. The highest BCUT2D eigenvalue weighted by atomic mass is 32.2. The molecule has 0 spiro atoms. The van der Waals surface area contributed by atoms with E-state index in [1.807, 2.05) is 6.92 Å². The zero-order valence-electron chi connectivity index (χ0n) is 20.6. The highest BCUT2D eigenvalue weighted by Gasteiger charge is 2.49. The van der Waals surface area contributed by atoms with E-state index in [2.05, 4.69) is 9.97 Å². The Balaban J connectivity index is 1.57. The van der Waals surface area contributed by atoms with Gasteiger partial charge >= 0.3 is 5.91 Å². The van der Waals surface area contributed by atoms with Crippen LogP contribution in [0.15, 0.2) is 76.7 Å². The number of aryl methyl sites for hydroxylation is 2. The fourth-order valence-corrected chi connectivity index (χ4v) is 7.27. The summed E-state index contributed by atoms with van der Waals surface area (Å²) in [5.41, 5.74) is 1.29. The molecule has 3 heterocycles. The number of aromatic nitrogens is 3. The molecular formula is C25H21N5O7S2. The van der Waals surface area contributed by atoms with Gasteiger partial charge < -0.3 is 9.67 Å². The van der Waals surface area contributed by atoms with E-state index < -0.39 is 37.7 Å². The van der Waals surface area contributed by atoms with Gasteiger partial charge in [0, 0.05) is 18.7 Å². The van der Waals surface area contributed by atoms with Crippen LogP contribution in [0.5, 0.6) is 0 Å². The van der Waals surface area contributed by atoms with Gasteiger partial charge in [0.2, 0.25) is 0 Å². The zero-order valence-corrected chi connectivity index (χ0v) is 22.2. The van der Waals surface area contributed by atoms with Crippen LogP contribution in [0, 0.1) is 17.0 Å². The Morgan fingerprint density at radius 2 is 1.92 bits per heavy atom. The van der Waals surface area contributed by atoms with E-state index in [4.69, 9.17) is 0 Å². The van der Waals surface area contributed by atoms with Crippen molar-refractivity contribution in [2.45, 2.75) is 28.8 Å². The molecule has 1 N–H and O–H groups in total. The molecule has 3 aromatic rings.